The van der Waals surface area contributed by atoms with Gasteiger partial charge in [0.1, 0.15) is 24.0 Å². The van der Waals surface area contributed by atoms with Crippen LogP contribution in [0.5, 0.6) is 0 Å². The number of alkyl halides is 5. The highest BCUT2D eigenvalue weighted by atomic mass is 32.2. The lowest BCUT2D eigenvalue weighted by Crippen LogP contribution is -2.60. The largest absolute Gasteiger partial charge is 0.743 e. The first-order chi connectivity index (χ1) is 21.0. The normalized spacial score (nSPS) is 34.6. The van der Waals surface area contributed by atoms with Crippen LogP contribution in [0, 0.1) is 46.3 Å². The third kappa shape index (κ3) is 6.48. The van der Waals surface area contributed by atoms with Gasteiger partial charge in [-0.05, 0) is 60.7 Å². The highest BCUT2D eigenvalue weighted by molar-refractivity contribution is 7.86. The molecular formula is C30H38F5O10S-. The fraction of sp³-hybridized carbons (Fsp3) is 0.833. The van der Waals surface area contributed by atoms with E-state index in [9.17, 15) is 58.9 Å². The van der Waals surface area contributed by atoms with Crippen molar-refractivity contribution in [2.75, 3.05) is 6.61 Å². The van der Waals surface area contributed by atoms with Crippen LogP contribution in [0.3, 0.4) is 0 Å². The molecule has 0 aliphatic heterocycles. The number of halogens is 5. The van der Waals surface area contributed by atoms with Crippen LogP contribution in [-0.2, 0) is 43.6 Å². The molecule has 46 heavy (non-hydrogen) atoms. The summed E-state index contributed by atoms with van der Waals surface area (Å²) < 4.78 is 106. The minimum absolute atomic E-state index is 0.0513. The Morgan fingerprint density at radius 3 is 2.24 bits per heavy atom. The number of esters is 2. The van der Waals surface area contributed by atoms with Gasteiger partial charge in [-0.15, -0.1) is 0 Å². The van der Waals surface area contributed by atoms with Crippen molar-refractivity contribution >= 4 is 39.4 Å². The Balaban J connectivity index is 1.31. The lowest BCUT2D eigenvalue weighted by atomic mass is 9.44. The lowest BCUT2D eigenvalue weighted by Gasteiger charge is -2.58. The number of hydrogen-bond acceptors (Lipinski definition) is 10. The van der Waals surface area contributed by atoms with E-state index in [1.54, 1.807) is 0 Å². The van der Waals surface area contributed by atoms with E-state index in [-0.39, 0.29) is 77.5 Å². The number of rotatable bonds is 10. The molecule has 1 unspecified atom stereocenters. The van der Waals surface area contributed by atoms with Gasteiger partial charge in [0.2, 0.25) is 0 Å². The van der Waals surface area contributed by atoms with Gasteiger partial charge in [0.15, 0.2) is 10.1 Å². The molecule has 0 radical (unpaired) electrons. The zero-order valence-corrected chi connectivity index (χ0v) is 26.5. The Morgan fingerprint density at radius 2 is 1.63 bits per heavy atom. The molecule has 0 amide bonds. The van der Waals surface area contributed by atoms with Crippen LogP contribution in [0.4, 0.5) is 22.0 Å². The molecule has 260 valence electrons. The molecule has 0 bridgehead atoms. The number of ketones is 3. The summed E-state index contributed by atoms with van der Waals surface area (Å²) in [6.07, 6.45) is -8.29. The minimum atomic E-state index is -6.84. The second-order valence-electron chi connectivity index (χ2n) is 13.9. The number of carbonyl (C=O) groups is 5. The van der Waals surface area contributed by atoms with Crippen molar-refractivity contribution in [2.45, 2.75) is 103 Å². The summed E-state index contributed by atoms with van der Waals surface area (Å²) in [5.74, 6) is -3.40. The molecule has 0 saturated heterocycles. The summed E-state index contributed by atoms with van der Waals surface area (Å²) in [5.41, 5.74) is -1.04. The summed E-state index contributed by atoms with van der Waals surface area (Å²) >= 11 is 0. The Kier molecular flexibility index (Phi) is 9.89. The molecule has 4 fully saturated rings. The molecule has 0 N–H and O–H groups in total. The van der Waals surface area contributed by atoms with Gasteiger partial charge >= 0.3 is 23.4 Å². The lowest BCUT2D eigenvalue weighted by molar-refractivity contribution is -0.259. The van der Waals surface area contributed by atoms with Crippen LogP contribution in [0.2, 0.25) is 0 Å². The van der Waals surface area contributed by atoms with Gasteiger partial charge in [-0.3, -0.25) is 24.0 Å². The van der Waals surface area contributed by atoms with Crippen LogP contribution in [0.1, 0.15) is 85.0 Å². The molecule has 0 spiro atoms. The predicted octanol–water partition coefficient (Wildman–Crippen LogP) is 4.53. The zero-order chi connectivity index (χ0) is 34.6. The molecule has 0 aromatic carbocycles. The van der Waals surface area contributed by atoms with Gasteiger partial charge in [-0.2, -0.15) is 22.0 Å². The maximum Gasteiger partial charge on any atom is 0.432 e. The molecule has 10 nitrogen and oxygen atoms in total. The second kappa shape index (κ2) is 12.5. The molecule has 0 aromatic heterocycles. The molecule has 4 rings (SSSR count). The van der Waals surface area contributed by atoms with Gasteiger partial charge in [0, 0.05) is 43.4 Å². The van der Waals surface area contributed by atoms with E-state index in [2.05, 4.69) is 11.7 Å². The van der Waals surface area contributed by atoms with Crippen LogP contribution < -0.4 is 0 Å². The molecule has 0 aromatic rings. The summed E-state index contributed by atoms with van der Waals surface area (Å²) in [6, 6.07) is 0. The Morgan fingerprint density at radius 1 is 0.978 bits per heavy atom. The summed E-state index contributed by atoms with van der Waals surface area (Å²) in [5, 5.41) is -5.98. The SMILES string of the molecule is C[C@H](CCC(=O)OCCC(=O)OC(C(F)(F)F)C(F)(F)S(=O)(=O)[O-])[C@H]1CC[C@H]2[C@@H]3C(=O)C[C@@H]4CC(=O)CC[C@]4(C)[C@H]3CC(=O)[C@]12C. The van der Waals surface area contributed by atoms with Gasteiger partial charge < -0.3 is 14.0 Å². The first-order valence-corrected chi connectivity index (χ1v) is 16.8. The topological polar surface area (TPSA) is 161 Å². The molecule has 4 aliphatic rings. The highest BCUT2D eigenvalue weighted by Crippen LogP contribution is 2.66. The van der Waals surface area contributed by atoms with Crippen molar-refractivity contribution in [1.82, 2.24) is 0 Å². The van der Waals surface area contributed by atoms with Gasteiger partial charge in [0.25, 0.3) is 6.10 Å². The van der Waals surface area contributed by atoms with E-state index >= 15 is 0 Å². The quantitative estimate of drug-likeness (QED) is 0.182. The van der Waals surface area contributed by atoms with Gasteiger partial charge in [0.05, 0.1) is 6.42 Å². The van der Waals surface area contributed by atoms with Crippen LogP contribution in [0.15, 0.2) is 0 Å². The number of hydrogen-bond donors (Lipinski definition) is 0. The predicted molar refractivity (Wildman–Crippen MR) is 146 cm³/mol. The van der Waals surface area contributed by atoms with Gasteiger partial charge in [-0.1, -0.05) is 20.8 Å². The third-order valence-corrected chi connectivity index (χ3v) is 12.3. The van der Waals surface area contributed by atoms with Crippen LogP contribution >= 0.6 is 0 Å². The first kappa shape index (κ1) is 36.3. The smallest absolute Gasteiger partial charge is 0.432 e. The Hall–Kier alpha value is -2.49. The summed E-state index contributed by atoms with van der Waals surface area (Å²) in [6.45, 7) is 5.03. The van der Waals surface area contributed by atoms with E-state index < -0.39 is 58.0 Å². The van der Waals surface area contributed by atoms with Crippen LogP contribution in [0.25, 0.3) is 0 Å². The number of Topliss-reactive ketones (excluding diaryl/α,β-unsaturated/α-hetero) is 3. The first-order valence-electron chi connectivity index (χ1n) is 15.4. The van der Waals surface area contributed by atoms with E-state index in [0.29, 0.717) is 38.5 Å². The van der Waals surface area contributed by atoms with Crippen molar-refractivity contribution in [3.05, 3.63) is 0 Å². The zero-order valence-electron chi connectivity index (χ0n) is 25.7. The van der Waals surface area contributed by atoms with E-state index in [0.717, 1.165) is 0 Å². The standard InChI is InChI=1S/C30H39F5O10S/c1-15(4-7-23(39)44-11-9-24(40)45-26(29(31,32)33)30(34,35)46(41,42)43)18-5-6-19-25-20(14-22(38)28(18,19)3)27(2)10-8-17(36)12-16(27)13-21(25)37/h15-16,18-20,25-26H,4-14H2,1-3H3,(H,41,42,43)/p-1/t15-,16+,18-,19+,20+,25+,26?,27+,28-/m1/s1. The van der Waals surface area contributed by atoms with Crippen molar-refractivity contribution < 1.29 is 68.4 Å². The highest BCUT2D eigenvalue weighted by Gasteiger charge is 2.66. The third-order valence-electron chi connectivity index (χ3n) is 11.5. The van der Waals surface area contributed by atoms with Gasteiger partial charge in [-0.25, -0.2) is 8.42 Å². The average molecular weight is 686 g/mol. The van der Waals surface area contributed by atoms with Crippen LogP contribution in [-0.4, -0.2) is 66.4 Å². The number of carbonyl (C=O) groups excluding carboxylic acids is 5. The van der Waals surface area contributed by atoms with E-state index in [1.165, 1.54) is 0 Å². The Bertz CT molecular complexity index is 1380. The Labute approximate surface area is 263 Å². The molecule has 9 atom stereocenters. The molecule has 0 heterocycles. The average Bonchev–Trinajstić information content (AvgIpc) is 3.29. The summed E-state index contributed by atoms with van der Waals surface area (Å²) in [4.78, 5) is 63.6. The summed E-state index contributed by atoms with van der Waals surface area (Å²) in [7, 11) is -6.84. The fourth-order valence-electron chi connectivity index (χ4n) is 8.90. The van der Waals surface area contributed by atoms with Crippen molar-refractivity contribution in [1.29, 1.82) is 0 Å². The molecule has 4 saturated carbocycles. The maximum absolute atomic E-state index is 13.9. The number of ether oxygens (including phenoxy) is 2. The van der Waals surface area contributed by atoms with Crippen molar-refractivity contribution in [3.63, 3.8) is 0 Å². The fourth-order valence-corrected chi connectivity index (χ4v) is 9.35. The van der Waals surface area contributed by atoms with E-state index in [4.69, 9.17) is 4.74 Å². The van der Waals surface area contributed by atoms with Crippen molar-refractivity contribution in [3.8, 4) is 0 Å². The minimum Gasteiger partial charge on any atom is -0.743 e. The second-order valence-corrected chi connectivity index (χ2v) is 15.3. The molecule has 16 heteroatoms. The van der Waals surface area contributed by atoms with Crippen molar-refractivity contribution in [2.24, 2.45) is 46.3 Å². The van der Waals surface area contributed by atoms with E-state index in [1.807, 2.05) is 13.8 Å². The molecule has 4 aliphatic carbocycles. The molecular weight excluding hydrogens is 647 g/mol. The monoisotopic (exact) mass is 685 g/mol. The number of fused-ring (bicyclic) bond motifs is 5. The maximum atomic E-state index is 13.9.